The molecule has 0 spiro atoms. The highest BCUT2D eigenvalue weighted by atomic mass is 16.5. The molecule has 1 aliphatic heterocycles. The molecule has 1 aromatic carbocycles. The van der Waals surface area contributed by atoms with Gasteiger partial charge in [0.25, 0.3) is 0 Å². The molecule has 1 aliphatic carbocycles. The number of likely N-dealkylation sites (tertiary alicyclic amines) is 1. The van der Waals surface area contributed by atoms with E-state index < -0.39 is 0 Å². The Morgan fingerprint density at radius 3 is 2.53 bits per heavy atom. The van der Waals surface area contributed by atoms with Crippen molar-refractivity contribution in [2.45, 2.75) is 57.8 Å². The summed E-state index contributed by atoms with van der Waals surface area (Å²) in [5.74, 6) is 1.88. The van der Waals surface area contributed by atoms with Crippen molar-refractivity contribution in [1.29, 1.82) is 0 Å². The summed E-state index contributed by atoms with van der Waals surface area (Å²) in [6, 6.07) is 5.33. The molecular weight excluding hydrogens is 380 g/mol. The van der Waals surface area contributed by atoms with Gasteiger partial charge in [0, 0.05) is 49.8 Å². The summed E-state index contributed by atoms with van der Waals surface area (Å²) in [6.45, 7) is 1.62. The zero-order valence-corrected chi connectivity index (χ0v) is 18.2. The average molecular weight is 415 g/mol. The fourth-order valence-electron chi connectivity index (χ4n) is 4.34. The predicted octanol–water partition coefficient (Wildman–Crippen LogP) is 4.55. The number of rotatable bonds is 8. The average Bonchev–Trinajstić information content (AvgIpc) is 2.78. The molecule has 2 amide bonds. The molecule has 1 fully saturated rings. The van der Waals surface area contributed by atoms with Gasteiger partial charge in [-0.2, -0.15) is 0 Å². The van der Waals surface area contributed by atoms with E-state index in [-0.39, 0.29) is 11.8 Å². The smallest absolute Gasteiger partial charge is 0.226 e. The highest BCUT2D eigenvalue weighted by molar-refractivity contribution is 5.91. The van der Waals surface area contributed by atoms with Gasteiger partial charge in [-0.05, 0) is 50.9 Å². The quantitative estimate of drug-likeness (QED) is 0.634. The van der Waals surface area contributed by atoms with E-state index in [0.717, 1.165) is 45.2 Å². The van der Waals surface area contributed by atoms with E-state index in [9.17, 15) is 9.59 Å². The van der Waals surface area contributed by atoms with Crippen molar-refractivity contribution in [3.63, 3.8) is 0 Å². The third kappa shape index (κ3) is 6.51. The molecule has 0 bridgehead atoms. The summed E-state index contributed by atoms with van der Waals surface area (Å²) in [5, 5.41) is 2.93. The molecule has 6 heteroatoms. The first-order valence-electron chi connectivity index (χ1n) is 11.1. The molecule has 2 aliphatic rings. The second-order valence-corrected chi connectivity index (χ2v) is 8.32. The highest BCUT2D eigenvalue weighted by Gasteiger charge is 2.24. The maximum absolute atomic E-state index is 12.7. The molecule has 1 atom stereocenters. The van der Waals surface area contributed by atoms with Gasteiger partial charge in [0.2, 0.25) is 11.8 Å². The minimum Gasteiger partial charge on any atom is -0.497 e. The zero-order chi connectivity index (χ0) is 21.3. The number of piperidine rings is 1. The van der Waals surface area contributed by atoms with Crippen molar-refractivity contribution in [2.75, 3.05) is 32.6 Å². The van der Waals surface area contributed by atoms with Crippen molar-refractivity contribution in [3.05, 3.63) is 29.8 Å². The Labute approximate surface area is 179 Å². The van der Waals surface area contributed by atoms with Crippen LogP contribution in [0.2, 0.25) is 0 Å². The summed E-state index contributed by atoms with van der Waals surface area (Å²) >= 11 is 0. The number of allylic oxidation sites excluding steroid dienone is 1. The molecule has 1 saturated heterocycles. The van der Waals surface area contributed by atoms with E-state index in [2.05, 4.69) is 11.4 Å². The molecule has 1 heterocycles. The van der Waals surface area contributed by atoms with Gasteiger partial charge < -0.3 is 19.7 Å². The molecule has 0 aromatic heterocycles. The number of methoxy groups -OCH3 is 2. The van der Waals surface area contributed by atoms with Crippen LogP contribution in [0.4, 0.5) is 5.69 Å². The monoisotopic (exact) mass is 414 g/mol. The number of nitrogens with one attached hydrogen (secondary N) is 1. The van der Waals surface area contributed by atoms with E-state index in [4.69, 9.17) is 9.47 Å². The number of amides is 2. The lowest BCUT2D eigenvalue weighted by atomic mass is 9.92. The van der Waals surface area contributed by atoms with Crippen LogP contribution in [0, 0.1) is 5.92 Å². The Balaban J connectivity index is 1.46. The maximum Gasteiger partial charge on any atom is 0.226 e. The molecule has 0 saturated carbocycles. The van der Waals surface area contributed by atoms with Gasteiger partial charge in [0.1, 0.15) is 11.5 Å². The van der Waals surface area contributed by atoms with Crippen molar-refractivity contribution >= 4 is 17.5 Å². The van der Waals surface area contributed by atoms with E-state index in [1.807, 2.05) is 4.90 Å². The van der Waals surface area contributed by atoms with Gasteiger partial charge in [-0.25, -0.2) is 0 Å². The Kier molecular flexibility index (Phi) is 8.17. The molecule has 1 aromatic rings. The molecule has 3 rings (SSSR count). The third-order valence-corrected chi connectivity index (χ3v) is 6.05. The van der Waals surface area contributed by atoms with Crippen LogP contribution in [-0.4, -0.2) is 44.0 Å². The Bertz CT molecular complexity index is 752. The zero-order valence-electron chi connectivity index (χ0n) is 18.2. The van der Waals surface area contributed by atoms with E-state index >= 15 is 0 Å². The van der Waals surface area contributed by atoms with Crippen LogP contribution in [0.5, 0.6) is 11.5 Å². The third-order valence-electron chi connectivity index (χ3n) is 6.05. The number of hydrogen-bond donors (Lipinski definition) is 1. The van der Waals surface area contributed by atoms with Crippen LogP contribution in [0.25, 0.3) is 0 Å². The van der Waals surface area contributed by atoms with Crippen molar-refractivity contribution < 1.29 is 19.1 Å². The number of nitrogens with zero attached hydrogens (tertiary/aromatic N) is 1. The Morgan fingerprint density at radius 2 is 1.87 bits per heavy atom. The lowest BCUT2D eigenvalue weighted by Crippen LogP contribution is -2.40. The molecule has 6 nitrogen and oxygen atoms in total. The van der Waals surface area contributed by atoms with Crippen LogP contribution >= 0.6 is 0 Å². The first-order chi connectivity index (χ1) is 14.6. The Hall–Kier alpha value is -2.50. The number of carbonyl (C=O) groups is 2. The van der Waals surface area contributed by atoms with Crippen LogP contribution in [0.3, 0.4) is 0 Å². The number of anilines is 1. The van der Waals surface area contributed by atoms with Crippen molar-refractivity contribution in [2.24, 2.45) is 5.92 Å². The van der Waals surface area contributed by atoms with Crippen molar-refractivity contribution in [3.8, 4) is 11.5 Å². The minimum atomic E-state index is -0.0267. The fraction of sp³-hybridized carbons (Fsp3) is 0.583. The molecular formula is C24H34N2O4. The van der Waals surface area contributed by atoms with E-state index in [1.165, 1.54) is 18.4 Å². The Morgan fingerprint density at radius 1 is 1.10 bits per heavy atom. The van der Waals surface area contributed by atoms with Gasteiger partial charge in [0.05, 0.1) is 14.2 Å². The lowest BCUT2D eigenvalue weighted by molar-refractivity contribution is -0.132. The molecule has 0 radical (unpaired) electrons. The van der Waals surface area contributed by atoms with Crippen molar-refractivity contribution in [1.82, 2.24) is 4.90 Å². The van der Waals surface area contributed by atoms with Crippen LogP contribution in [0.1, 0.15) is 57.8 Å². The SMILES string of the molecule is COc1cc(NC(=O)CC[C@H]2CCCN(C(=O)CC3=CCCCC3)C2)cc(OC)c1. The first-order valence-corrected chi connectivity index (χ1v) is 11.1. The van der Waals surface area contributed by atoms with Crippen LogP contribution in [0.15, 0.2) is 29.8 Å². The second kappa shape index (κ2) is 11.0. The molecule has 0 unspecified atom stereocenters. The maximum atomic E-state index is 12.7. The summed E-state index contributed by atoms with van der Waals surface area (Å²) in [5.41, 5.74) is 1.97. The van der Waals surface area contributed by atoms with Gasteiger partial charge in [-0.3, -0.25) is 9.59 Å². The number of hydrogen-bond acceptors (Lipinski definition) is 4. The lowest BCUT2D eigenvalue weighted by Gasteiger charge is -2.33. The summed E-state index contributed by atoms with van der Waals surface area (Å²) < 4.78 is 10.5. The van der Waals surface area contributed by atoms with Crippen LogP contribution < -0.4 is 14.8 Å². The summed E-state index contributed by atoms with van der Waals surface area (Å²) in [4.78, 5) is 27.2. The van der Waals surface area contributed by atoms with Gasteiger partial charge >= 0.3 is 0 Å². The molecule has 1 N–H and O–H groups in total. The van der Waals surface area contributed by atoms with Crippen LogP contribution in [-0.2, 0) is 9.59 Å². The fourth-order valence-corrected chi connectivity index (χ4v) is 4.34. The van der Waals surface area contributed by atoms with E-state index in [0.29, 0.717) is 35.9 Å². The number of ether oxygens (including phenoxy) is 2. The largest absolute Gasteiger partial charge is 0.497 e. The number of benzene rings is 1. The summed E-state index contributed by atoms with van der Waals surface area (Å²) in [6.07, 6.45) is 10.8. The molecule has 30 heavy (non-hydrogen) atoms. The topological polar surface area (TPSA) is 67.9 Å². The highest BCUT2D eigenvalue weighted by Crippen LogP contribution is 2.27. The molecule has 164 valence electrons. The normalized spacial score (nSPS) is 19.1. The minimum absolute atomic E-state index is 0.0267. The standard InChI is InChI=1S/C24H34N2O4/c1-29-21-14-20(15-22(16-21)30-2)25-23(27)11-10-19-9-6-12-26(17-19)24(28)13-18-7-4-3-5-8-18/h7,14-16,19H,3-6,8-13,17H2,1-2H3,(H,25,27)/t19-/m1/s1. The number of carbonyl (C=O) groups excluding carboxylic acids is 2. The van der Waals surface area contributed by atoms with Gasteiger partial charge in [-0.15, -0.1) is 0 Å². The van der Waals surface area contributed by atoms with E-state index in [1.54, 1.807) is 32.4 Å². The van der Waals surface area contributed by atoms with Gasteiger partial charge in [0.15, 0.2) is 0 Å². The second-order valence-electron chi connectivity index (χ2n) is 8.32. The van der Waals surface area contributed by atoms with Gasteiger partial charge in [-0.1, -0.05) is 11.6 Å². The summed E-state index contributed by atoms with van der Waals surface area (Å²) in [7, 11) is 3.17. The predicted molar refractivity (Wildman–Crippen MR) is 118 cm³/mol. The first kappa shape index (κ1) is 22.2.